The van der Waals surface area contributed by atoms with Crippen molar-refractivity contribution < 1.29 is 4.79 Å². The first-order valence-electron chi connectivity index (χ1n) is 5.46. The predicted octanol–water partition coefficient (Wildman–Crippen LogP) is 3.06. The largest absolute Gasteiger partial charge is 0.298 e. The van der Waals surface area contributed by atoms with Gasteiger partial charge in [-0.3, -0.25) is 14.8 Å². The number of aldehydes is 1. The molecule has 0 amide bonds. The monoisotopic (exact) mass is 302 g/mol. The molecule has 0 saturated carbocycles. The van der Waals surface area contributed by atoms with Gasteiger partial charge in [0, 0.05) is 22.4 Å². The fourth-order valence-corrected chi connectivity index (χ4v) is 2.00. The summed E-state index contributed by atoms with van der Waals surface area (Å²) >= 11 is 3.42. The van der Waals surface area contributed by atoms with E-state index >= 15 is 0 Å². The number of carbonyl (C=O) groups excluding carboxylic acids is 1. The molecule has 0 aliphatic carbocycles. The van der Waals surface area contributed by atoms with Crippen LogP contribution in [0.15, 0.2) is 53.4 Å². The molecular weight excluding hydrogens is 292 g/mol. The van der Waals surface area contributed by atoms with Crippen LogP contribution in [0.25, 0.3) is 5.57 Å². The number of hydrogen-bond acceptors (Lipinski definition) is 3. The van der Waals surface area contributed by atoms with Gasteiger partial charge in [-0.25, -0.2) is 0 Å². The fraction of sp³-hybridized carbons (Fsp3) is 0.0714. The molecule has 0 spiro atoms. The smallest absolute Gasteiger partial charge is 0.151 e. The lowest BCUT2D eigenvalue weighted by Gasteiger charge is -2.00. The van der Waals surface area contributed by atoms with E-state index < -0.39 is 0 Å². The molecule has 1 aromatic heterocycles. The van der Waals surface area contributed by atoms with Crippen molar-refractivity contribution in [2.45, 2.75) is 6.42 Å². The predicted molar refractivity (Wildman–Crippen MR) is 73.9 cm³/mol. The average Bonchev–Trinajstić information content (AvgIpc) is 2.41. The summed E-state index contributed by atoms with van der Waals surface area (Å²) in [5, 5.41) is 0. The van der Waals surface area contributed by atoms with Crippen LogP contribution < -0.4 is 0 Å². The number of carbonyl (C=O) groups is 1. The molecule has 1 heterocycles. The SMILES string of the molecule is O=CC(=CCc1cccc(Br)c1)c1cnccn1. The van der Waals surface area contributed by atoms with E-state index in [2.05, 4.69) is 25.9 Å². The van der Waals surface area contributed by atoms with Crippen molar-refractivity contribution in [2.75, 3.05) is 0 Å². The van der Waals surface area contributed by atoms with Gasteiger partial charge in [0.05, 0.1) is 11.9 Å². The second kappa shape index (κ2) is 6.21. The van der Waals surface area contributed by atoms with Gasteiger partial charge < -0.3 is 0 Å². The van der Waals surface area contributed by atoms with Gasteiger partial charge in [0.2, 0.25) is 0 Å². The van der Waals surface area contributed by atoms with Crippen molar-refractivity contribution in [3.63, 3.8) is 0 Å². The quantitative estimate of drug-likeness (QED) is 0.644. The maximum Gasteiger partial charge on any atom is 0.151 e. The Morgan fingerprint density at radius 1 is 1.33 bits per heavy atom. The van der Waals surface area contributed by atoms with Gasteiger partial charge in [0.1, 0.15) is 0 Å². The molecule has 0 radical (unpaired) electrons. The maximum atomic E-state index is 11.0. The molecule has 4 heteroatoms. The summed E-state index contributed by atoms with van der Waals surface area (Å²) in [5.74, 6) is 0. The Kier molecular flexibility index (Phi) is 4.36. The first-order valence-corrected chi connectivity index (χ1v) is 6.25. The van der Waals surface area contributed by atoms with Crippen LogP contribution in [-0.4, -0.2) is 16.3 Å². The van der Waals surface area contributed by atoms with Crippen molar-refractivity contribution in [1.82, 2.24) is 9.97 Å². The van der Waals surface area contributed by atoms with Crippen LogP contribution in [0.4, 0.5) is 0 Å². The van der Waals surface area contributed by atoms with E-state index in [9.17, 15) is 4.79 Å². The molecule has 0 aliphatic rings. The number of halogens is 1. The lowest BCUT2D eigenvalue weighted by Crippen LogP contribution is -1.92. The van der Waals surface area contributed by atoms with Gasteiger partial charge in [-0.2, -0.15) is 0 Å². The number of rotatable bonds is 4. The normalized spacial score (nSPS) is 11.3. The van der Waals surface area contributed by atoms with Crippen LogP contribution in [-0.2, 0) is 11.2 Å². The maximum absolute atomic E-state index is 11.0. The minimum atomic E-state index is 0.558. The first kappa shape index (κ1) is 12.6. The third kappa shape index (κ3) is 3.34. The van der Waals surface area contributed by atoms with Crippen molar-refractivity contribution in [3.8, 4) is 0 Å². The molecule has 1 aromatic carbocycles. The first-order chi connectivity index (χ1) is 8.79. The molecule has 0 N–H and O–H groups in total. The molecule has 0 fully saturated rings. The fourth-order valence-electron chi connectivity index (χ4n) is 1.55. The number of hydrogen-bond donors (Lipinski definition) is 0. The highest BCUT2D eigenvalue weighted by molar-refractivity contribution is 9.10. The van der Waals surface area contributed by atoms with Gasteiger partial charge >= 0.3 is 0 Å². The van der Waals surface area contributed by atoms with E-state index in [0.717, 1.165) is 16.3 Å². The van der Waals surface area contributed by atoms with Gasteiger partial charge in [-0.15, -0.1) is 0 Å². The molecule has 0 aliphatic heterocycles. The van der Waals surface area contributed by atoms with Gasteiger partial charge in [-0.1, -0.05) is 34.1 Å². The Morgan fingerprint density at radius 2 is 2.22 bits per heavy atom. The zero-order chi connectivity index (χ0) is 12.8. The van der Waals surface area contributed by atoms with E-state index in [0.29, 0.717) is 17.7 Å². The lowest BCUT2D eigenvalue weighted by atomic mass is 10.1. The van der Waals surface area contributed by atoms with Crippen molar-refractivity contribution in [2.24, 2.45) is 0 Å². The molecule has 0 atom stereocenters. The summed E-state index contributed by atoms with van der Waals surface area (Å²) in [6.45, 7) is 0. The number of nitrogens with zero attached hydrogens (tertiary/aromatic N) is 2. The summed E-state index contributed by atoms with van der Waals surface area (Å²) in [6, 6.07) is 7.97. The second-order valence-electron chi connectivity index (χ2n) is 3.70. The molecule has 0 unspecified atom stereocenters. The third-order valence-corrected chi connectivity index (χ3v) is 2.93. The van der Waals surface area contributed by atoms with Gasteiger partial charge in [-0.05, 0) is 24.1 Å². The second-order valence-corrected chi connectivity index (χ2v) is 4.62. The zero-order valence-electron chi connectivity index (χ0n) is 9.58. The number of benzene rings is 1. The van der Waals surface area contributed by atoms with Crippen LogP contribution in [0.3, 0.4) is 0 Å². The van der Waals surface area contributed by atoms with Crippen LogP contribution in [0.1, 0.15) is 11.3 Å². The number of aromatic nitrogens is 2. The highest BCUT2D eigenvalue weighted by Crippen LogP contribution is 2.14. The minimum Gasteiger partial charge on any atom is -0.298 e. The Balaban J connectivity index is 2.19. The summed E-state index contributed by atoms with van der Waals surface area (Å²) in [5.41, 5.74) is 2.29. The summed E-state index contributed by atoms with van der Waals surface area (Å²) in [6.07, 6.45) is 8.10. The van der Waals surface area contributed by atoms with E-state index in [1.54, 1.807) is 18.6 Å². The molecule has 0 saturated heterocycles. The van der Waals surface area contributed by atoms with Crippen LogP contribution >= 0.6 is 15.9 Å². The zero-order valence-corrected chi connectivity index (χ0v) is 11.2. The van der Waals surface area contributed by atoms with E-state index in [1.807, 2.05) is 30.3 Å². The van der Waals surface area contributed by atoms with E-state index in [-0.39, 0.29) is 0 Å². The molecule has 18 heavy (non-hydrogen) atoms. The van der Waals surface area contributed by atoms with Gasteiger partial charge in [0.25, 0.3) is 0 Å². The highest BCUT2D eigenvalue weighted by atomic mass is 79.9. The van der Waals surface area contributed by atoms with Gasteiger partial charge in [0.15, 0.2) is 6.29 Å². The Morgan fingerprint density at radius 3 is 2.89 bits per heavy atom. The van der Waals surface area contributed by atoms with Crippen molar-refractivity contribution in [3.05, 3.63) is 64.7 Å². The van der Waals surface area contributed by atoms with E-state index in [4.69, 9.17) is 0 Å². The molecule has 3 nitrogen and oxygen atoms in total. The Hall–Kier alpha value is -1.81. The summed E-state index contributed by atoms with van der Waals surface area (Å²) in [4.78, 5) is 19.1. The summed E-state index contributed by atoms with van der Waals surface area (Å²) in [7, 11) is 0. The number of allylic oxidation sites excluding steroid dienone is 2. The Bertz CT molecular complexity index is 567. The summed E-state index contributed by atoms with van der Waals surface area (Å²) < 4.78 is 1.03. The standard InChI is InChI=1S/C14H11BrN2O/c15-13-3-1-2-11(8-13)4-5-12(10-18)14-9-16-6-7-17-14/h1-3,5-10H,4H2. The van der Waals surface area contributed by atoms with Crippen LogP contribution in [0.2, 0.25) is 0 Å². The third-order valence-electron chi connectivity index (χ3n) is 2.43. The molecule has 90 valence electrons. The average molecular weight is 303 g/mol. The van der Waals surface area contributed by atoms with Crippen molar-refractivity contribution >= 4 is 27.8 Å². The molecule has 2 aromatic rings. The molecule has 2 rings (SSSR count). The lowest BCUT2D eigenvalue weighted by molar-refractivity contribution is -0.103. The molecule has 0 bridgehead atoms. The van der Waals surface area contributed by atoms with Crippen molar-refractivity contribution in [1.29, 1.82) is 0 Å². The molecular formula is C14H11BrN2O. The topological polar surface area (TPSA) is 42.9 Å². The van der Waals surface area contributed by atoms with E-state index in [1.165, 1.54) is 0 Å². The van der Waals surface area contributed by atoms with Crippen LogP contribution in [0, 0.1) is 0 Å². The highest BCUT2D eigenvalue weighted by Gasteiger charge is 2.01. The van der Waals surface area contributed by atoms with Crippen LogP contribution in [0.5, 0.6) is 0 Å². The Labute approximate surface area is 114 Å². The minimum absolute atomic E-state index is 0.558.